The van der Waals surface area contributed by atoms with Gasteiger partial charge in [-0.1, -0.05) is 6.58 Å². The summed E-state index contributed by atoms with van der Waals surface area (Å²) in [6.45, 7) is 12.8. The highest BCUT2D eigenvalue weighted by Gasteiger charge is 2.30. The molecule has 0 radical (unpaired) electrons. The Morgan fingerprint density at radius 1 is 1.21 bits per heavy atom. The van der Waals surface area contributed by atoms with Gasteiger partial charge in [-0.2, -0.15) is 0 Å². The maximum absolute atomic E-state index is 5.87. The van der Waals surface area contributed by atoms with Crippen molar-refractivity contribution < 1.29 is 13.3 Å². The van der Waals surface area contributed by atoms with Crippen LogP contribution in [0.1, 0.15) is 0 Å². The summed E-state index contributed by atoms with van der Waals surface area (Å²) in [6.07, 6.45) is 1.74. The number of hydrogen-bond acceptors (Lipinski definition) is 3. The zero-order chi connectivity index (χ0) is 11.2. The zero-order valence-electron chi connectivity index (χ0n) is 9.87. The second-order valence-electron chi connectivity index (χ2n) is 3.78. The molecule has 0 saturated heterocycles. The highest BCUT2D eigenvalue weighted by atomic mass is 28.3. The molecule has 0 N–H and O–H groups in total. The van der Waals surface area contributed by atoms with Crippen LogP contribution in [0.25, 0.3) is 0 Å². The molecule has 0 bridgehead atoms. The van der Waals surface area contributed by atoms with Gasteiger partial charge in [0.25, 0.3) is 0 Å². The summed E-state index contributed by atoms with van der Waals surface area (Å²) in [5, 5.41) is 0. The fourth-order valence-electron chi connectivity index (χ4n) is 1.25. The van der Waals surface area contributed by atoms with Crippen LogP contribution in [0, 0.1) is 0 Å². The summed E-state index contributed by atoms with van der Waals surface area (Å²) >= 11 is 0. The first-order valence-corrected chi connectivity index (χ1v) is 11.3. The van der Waals surface area contributed by atoms with Gasteiger partial charge in [0.05, 0.1) is 6.61 Å². The smallest absolute Gasteiger partial charge is 0.191 e. The first kappa shape index (κ1) is 14.3. The molecule has 0 aliphatic carbocycles. The molecule has 0 rings (SSSR count). The van der Waals surface area contributed by atoms with E-state index >= 15 is 0 Å². The van der Waals surface area contributed by atoms with Gasteiger partial charge in [0.15, 0.2) is 23.9 Å². The molecule has 3 nitrogen and oxygen atoms in total. The quantitative estimate of drug-likeness (QED) is 0.366. The summed E-state index contributed by atoms with van der Waals surface area (Å²) in [5.74, 6) is -0.664. The summed E-state index contributed by atoms with van der Waals surface area (Å²) in [6, 6.07) is 0. The van der Waals surface area contributed by atoms with Crippen LogP contribution in [-0.2, 0) is 13.3 Å². The average molecular weight is 251 g/mol. The van der Waals surface area contributed by atoms with Crippen LogP contribution in [0.5, 0.6) is 0 Å². The lowest BCUT2D eigenvalue weighted by Crippen LogP contribution is -2.44. The summed E-state index contributed by atoms with van der Waals surface area (Å²) in [4.78, 5) is 0. The van der Waals surface area contributed by atoms with Gasteiger partial charge >= 0.3 is 0 Å². The first-order chi connectivity index (χ1) is 6.45. The summed E-state index contributed by atoms with van der Waals surface area (Å²) in [7, 11) is -1.59. The third-order valence-electron chi connectivity index (χ3n) is 1.53. The van der Waals surface area contributed by atoms with Gasteiger partial charge in [-0.3, -0.25) is 0 Å². The molecule has 6 heteroatoms. The maximum Gasteiger partial charge on any atom is 0.191 e. The molecule has 0 heterocycles. The van der Waals surface area contributed by atoms with Crippen molar-refractivity contribution in [2.45, 2.75) is 32.0 Å². The Bertz CT molecular complexity index is 163. The lowest BCUT2D eigenvalue weighted by atomic mass is 10.3. The van der Waals surface area contributed by atoms with Crippen molar-refractivity contribution in [1.82, 2.24) is 0 Å². The molecule has 0 fully saturated rings. The molecule has 0 aromatic heterocycles. The average Bonchev–Trinajstić information content (AvgIpc) is 2.02. The summed E-state index contributed by atoms with van der Waals surface area (Å²) in [5.41, 5.74) is 0. The number of rotatable bonds is 7. The highest BCUT2D eigenvalue weighted by Crippen LogP contribution is 2.18. The van der Waals surface area contributed by atoms with Crippen LogP contribution in [-0.4, -0.2) is 41.0 Å². The Labute approximate surface area is 93.4 Å². The molecule has 0 saturated carbocycles. The van der Waals surface area contributed by atoms with Crippen molar-refractivity contribution in [3.05, 3.63) is 12.7 Å². The van der Waals surface area contributed by atoms with E-state index in [4.69, 9.17) is 13.3 Å². The fraction of sp³-hybridized carbons (Fsp3) is 0.750. The lowest BCUT2D eigenvalue weighted by molar-refractivity contribution is -0.102. The largest absolute Gasteiger partial charge is 0.422 e. The van der Waals surface area contributed by atoms with E-state index in [1.807, 2.05) is 0 Å². The predicted molar refractivity (Wildman–Crippen MR) is 68.7 cm³/mol. The van der Waals surface area contributed by atoms with Gasteiger partial charge in [0.1, 0.15) is 10.5 Å². The molecule has 14 heavy (non-hydrogen) atoms. The normalized spacial score (nSPS) is 12.7. The molecule has 0 amide bonds. The number of hydrogen-bond donors (Lipinski definition) is 0. The van der Waals surface area contributed by atoms with Crippen molar-refractivity contribution in [2.24, 2.45) is 0 Å². The van der Waals surface area contributed by atoms with E-state index in [9.17, 15) is 0 Å². The Kier molecular flexibility index (Phi) is 6.83. The van der Waals surface area contributed by atoms with Crippen LogP contribution < -0.4 is 0 Å². The Morgan fingerprint density at radius 3 is 1.86 bits per heavy atom. The maximum atomic E-state index is 5.87. The topological polar surface area (TPSA) is 27.7 Å². The van der Waals surface area contributed by atoms with Crippen molar-refractivity contribution in [2.75, 3.05) is 6.61 Å². The van der Waals surface area contributed by atoms with E-state index in [1.165, 1.54) is 0 Å². The molecule has 0 atom stereocenters. The Morgan fingerprint density at radius 2 is 1.64 bits per heavy atom. The van der Waals surface area contributed by atoms with E-state index in [2.05, 4.69) is 32.8 Å². The molecule has 84 valence electrons. The van der Waals surface area contributed by atoms with Gasteiger partial charge in [0.2, 0.25) is 0 Å². The first-order valence-electron chi connectivity index (χ1n) is 4.94. The van der Waals surface area contributed by atoms with E-state index in [1.54, 1.807) is 6.08 Å². The molecular weight excluding hydrogens is 228 g/mol. The standard InChI is InChI=1S/C8H22O3Si3/c1-6-8(7-9-12,10-13(2)3)11-14(4)5/h6,13-14H,1,7H2,2-5,12H3. The van der Waals surface area contributed by atoms with Crippen LogP contribution in [0.2, 0.25) is 26.2 Å². The highest BCUT2D eigenvalue weighted by molar-refractivity contribution is 6.49. The van der Waals surface area contributed by atoms with Crippen molar-refractivity contribution in [3.8, 4) is 0 Å². The van der Waals surface area contributed by atoms with Gasteiger partial charge in [-0.15, -0.1) is 0 Å². The monoisotopic (exact) mass is 250 g/mol. The van der Waals surface area contributed by atoms with Crippen LogP contribution in [0.4, 0.5) is 0 Å². The molecule has 0 unspecified atom stereocenters. The molecule has 0 aromatic carbocycles. The molecule has 0 aromatic rings. The lowest BCUT2D eigenvalue weighted by Gasteiger charge is -2.34. The van der Waals surface area contributed by atoms with Gasteiger partial charge in [-0.25, -0.2) is 0 Å². The van der Waals surface area contributed by atoms with Gasteiger partial charge in [-0.05, 0) is 32.3 Å². The Hall–Kier alpha value is 0.271. The van der Waals surface area contributed by atoms with Crippen LogP contribution in [0.3, 0.4) is 0 Å². The molecular formula is C8H22O3Si3. The van der Waals surface area contributed by atoms with E-state index in [-0.39, 0.29) is 0 Å². The SMILES string of the molecule is C=CC(CO[SiH3])(O[SiH](C)C)O[SiH](C)C. The molecule has 0 spiro atoms. The zero-order valence-corrected chi connectivity index (χ0v) is 14.2. The fourth-order valence-corrected chi connectivity index (χ4v) is 3.80. The van der Waals surface area contributed by atoms with E-state index < -0.39 is 23.9 Å². The minimum Gasteiger partial charge on any atom is -0.422 e. The molecule has 0 aliphatic heterocycles. The van der Waals surface area contributed by atoms with Crippen molar-refractivity contribution in [3.63, 3.8) is 0 Å². The minimum atomic E-state index is -1.14. The predicted octanol–water partition coefficient (Wildman–Crippen LogP) is 0.166. The van der Waals surface area contributed by atoms with Crippen molar-refractivity contribution >= 4 is 28.6 Å². The minimum absolute atomic E-state index is 0.485. The van der Waals surface area contributed by atoms with Gasteiger partial charge < -0.3 is 13.3 Å². The van der Waals surface area contributed by atoms with E-state index in [0.29, 0.717) is 17.1 Å². The van der Waals surface area contributed by atoms with E-state index in [0.717, 1.165) is 0 Å². The third kappa shape index (κ3) is 5.23. The van der Waals surface area contributed by atoms with Crippen molar-refractivity contribution in [1.29, 1.82) is 0 Å². The van der Waals surface area contributed by atoms with Gasteiger partial charge in [0, 0.05) is 0 Å². The Balaban J connectivity index is 4.50. The second kappa shape index (κ2) is 6.70. The summed E-state index contributed by atoms with van der Waals surface area (Å²) < 4.78 is 17.0. The second-order valence-corrected chi connectivity index (χ2v) is 9.03. The third-order valence-corrected chi connectivity index (χ3v) is 3.56. The van der Waals surface area contributed by atoms with Crippen LogP contribution in [0.15, 0.2) is 12.7 Å². The van der Waals surface area contributed by atoms with Crippen LogP contribution >= 0.6 is 0 Å². The molecule has 0 aliphatic rings.